The number of likely N-dealkylation sites (tertiary alicyclic amines) is 1. The molecular formula is C14H19NO4. The number of furan rings is 1. The molecule has 1 aliphatic rings. The van der Waals surface area contributed by atoms with Gasteiger partial charge in [-0.15, -0.1) is 0 Å². The summed E-state index contributed by atoms with van der Waals surface area (Å²) in [7, 11) is 0. The summed E-state index contributed by atoms with van der Waals surface area (Å²) in [6.07, 6.45) is 2.11. The quantitative estimate of drug-likeness (QED) is 0.903. The fourth-order valence-electron chi connectivity index (χ4n) is 2.47. The SMILES string of the molecule is CCc1cc(C(=O)N2CC[C@H](C(=O)O)C2)oc1CC. The standard InChI is InChI=1S/C14H19NO4/c1-3-9-7-12(19-11(9)4-2)13(16)15-6-5-10(8-15)14(17)18/h7,10H,3-6,8H2,1-2H3,(H,17,18)/t10-/m0/s1. The predicted molar refractivity (Wildman–Crippen MR) is 69.1 cm³/mol. The smallest absolute Gasteiger partial charge is 0.308 e. The molecule has 0 saturated carbocycles. The summed E-state index contributed by atoms with van der Waals surface area (Å²) < 4.78 is 5.59. The summed E-state index contributed by atoms with van der Waals surface area (Å²) in [5.74, 6) is -0.300. The van der Waals surface area contributed by atoms with Crippen LogP contribution in [0.15, 0.2) is 10.5 Å². The van der Waals surface area contributed by atoms with Gasteiger partial charge in [-0.2, -0.15) is 0 Å². The molecule has 2 rings (SSSR count). The third-order valence-electron chi connectivity index (χ3n) is 3.63. The van der Waals surface area contributed by atoms with Gasteiger partial charge in [0.2, 0.25) is 0 Å². The molecule has 0 unspecified atom stereocenters. The minimum Gasteiger partial charge on any atom is -0.481 e. The van der Waals surface area contributed by atoms with E-state index in [2.05, 4.69) is 0 Å². The lowest BCUT2D eigenvalue weighted by Crippen LogP contribution is -2.29. The van der Waals surface area contributed by atoms with Crippen LogP contribution in [0.5, 0.6) is 0 Å². The van der Waals surface area contributed by atoms with E-state index in [1.165, 1.54) is 0 Å². The first-order valence-electron chi connectivity index (χ1n) is 6.70. The van der Waals surface area contributed by atoms with Crippen LogP contribution in [0.3, 0.4) is 0 Å². The predicted octanol–water partition coefficient (Wildman–Crippen LogP) is 1.95. The molecular weight excluding hydrogens is 246 g/mol. The topological polar surface area (TPSA) is 70.8 Å². The van der Waals surface area contributed by atoms with Gasteiger partial charge in [-0.3, -0.25) is 9.59 Å². The number of aryl methyl sites for hydroxylation is 2. The van der Waals surface area contributed by atoms with Crippen molar-refractivity contribution in [3.8, 4) is 0 Å². The van der Waals surface area contributed by atoms with E-state index in [0.717, 1.165) is 24.2 Å². The third kappa shape index (κ3) is 2.64. The molecule has 1 amide bonds. The zero-order valence-electron chi connectivity index (χ0n) is 11.3. The Labute approximate surface area is 112 Å². The lowest BCUT2D eigenvalue weighted by molar-refractivity contribution is -0.141. The van der Waals surface area contributed by atoms with Gasteiger partial charge >= 0.3 is 5.97 Å². The van der Waals surface area contributed by atoms with E-state index in [0.29, 0.717) is 18.7 Å². The Bertz CT molecular complexity index is 470. The molecule has 1 saturated heterocycles. The van der Waals surface area contributed by atoms with Gasteiger partial charge in [-0.05, 0) is 24.5 Å². The number of hydrogen-bond donors (Lipinski definition) is 1. The zero-order chi connectivity index (χ0) is 14.0. The van der Waals surface area contributed by atoms with Gasteiger partial charge in [0.1, 0.15) is 5.76 Å². The molecule has 0 aromatic carbocycles. The second-order valence-electron chi connectivity index (χ2n) is 4.84. The number of nitrogens with zero attached hydrogens (tertiary/aromatic N) is 1. The molecule has 0 aliphatic carbocycles. The van der Waals surface area contributed by atoms with Crippen molar-refractivity contribution in [1.29, 1.82) is 0 Å². The molecule has 5 nitrogen and oxygen atoms in total. The molecule has 1 aromatic heterocycles. The van der Waals surface area contributed by atoms with Crippen LogP contribution >= 0.6 is 0 Å². The number of carboxylic acids is 1. The van der Waals surface area contributed by atoms with Crippen molar-refractivity contribution in [2.75, 3.05) is 13.1 Å². The normalized spacial score (nSPS) is 18.8. The number of rotatable bonds is 4. The van der Waals surface area contributed by atoms with Crippen molar-refractivity contribution in [2.24, 2.45) is 5.92 Å². The largest absolute Gasteiger partial charge is 0.481 e. The van der Waals surface area contributed by atoms with Crippen LogP contribution in [0.2, 0.25) is 0 Å². The highest BCUT2D eigenvalue weighted by Crippen LogP contribution is 2.22. The molecule has 1 aliphatic heterocycles. The average molecular weight is 265 g/mol. The second kappa shape index (κ2) is 5.47. The molecule has 104 valence electrons. The highest BCUT2D eigenvalue weighted by atomic mass is 16.4. The molecule has 1 aromatic rings. The zero-order valence-corrected chi connectivity index (χ0v) is 11.3. The number of carbonyl (C=O) groups is 2. The van der Waals surface area contributed by atoms with Gasteiger partial charge in [0.05, 0.1) is 5.92 Å². The molecule has 19 heavy (non-hydrogen) atoms. The van der Waals surface area contributed by atoms with Crippen LogP contribution in [0.25, 0.3) is 0 Å². The maximum atomic E-state index is 12.3. The number of amides is 1. The lowest BCUT2D eigenvalue weighted by Gasteiger charge is -2.13. The molecule has 1 N–H and O–H groups in total. The van der Waals surface area contributed by atoms with Gasteiger partial charge in [0.25, 0.3) is 5.91 Å². The monoisotopic (exact) mass is 265 g/mol. The fourth-order valence-corrected chi connectivity index (χ4v) is 2.47. The van der Waals surface area contributed by atoms with Crippen LogP contribution in [-0.4, -0.2) is 35.0 Å². The minimum atomic E-state index is -0.835. The lowest BCUT2D eigenvalue weighted by atomic mass is 10.1. The van der Waals surface area contributed by atoms with Crippen LogP contribution in [-0.2, 0) is 17.6 Å². The highest BCUT2D eigenvalue weighted by molar-refractivity contribution is 5.92. The Morgan fingerprint density at radius 1 is 1.42 bits per heavy atom. The maximum absolute atomic E-state index is 12.3. The van der Waals surface area contributed by atoms with E-state index in [9.17, 15) is 9.59 Å². The van der Waals surface area contributed by atoms with E-state index in [4.69, 9.17) is 9.52 Å². The first-order valence-corrected chi connectivity index (χ1v) is 6.70. The Morgan fingerprint density at radius 3 is 2.63 bits per heavy atom. The maximum Gasteiger partial charge on any atom is 0.308 e. The summed E-state index contributed by atoms with van der Waals surface area (Å²) in [6.45, 7) is 4.77. The van der Waals surface area contributed by atoms with Crippen molar-refractivity contribution < 1.29 is 19.1 Å². The molecule has 1 atom stereocenters. The highest BCUT2D eigenvalue weighted by Gasteiger charge is 2.32. The second-order valence-corrected chi connectivity index (χ2v) is 4.84. The van der Waals surface area contributed by atoms with Crippen molar-refractivity contribution in [2.45, 2.75) is 33.1 Å². The third-order valence-corrected chi connectivity index (χ3v) is 3.63. The Morgan fingerprint density at radius 2 is 2.16 bits per heavy atom. The molecule has 0 radical (unpaired) electrons. The van der Waals surface area contributed by atoms with E-state index in [-0.39, 0.29) is 12.5 Å². The number of hydrogen-bond acceptors (Lipinski definition) is 3. The van der Waals surface area contributed by atoms with Crippen molar-refractivity contribution in [3.63, 3.8) is 0 Å². The molecule has 2 heterocycles. The summed E-state index contributed by atoms with van der Waals surface area (Å²) >= 11 is 0. The molecule has 0 spiro atoms. The van der Waals surface area contributed by atoms with E-state index < -0.39 is 11.9 Å². The van der Waals surface area contributed by atoms with E-state index >= 15 is 0 Å². The van der Waals surface area contributed by atoms with E-state index in [1.807, 2.05) is 13.8 Å². The van der Waals surface area contributed by atoms with Crippen molar-refractivity contribution >= 4 is 11.9 Å². The summed E-state index contributed by atoms with van der Waals surface area (Å²) in [4.78, 5) is 24.7. The Kier molecular flexibility index (Phi) is 3.93. The number of aliphatic carboxylic acids is 1. The fraction of sp³-hybridized carbons (Fsp3) is 0.571. The van der Waals surface area contributed by atoms with E-state index in [1.54, 1.807) is 11.0 Å². The molecule has 5 heteroatoms. The molecule has 0 bridgehead atoms. The van der Waals surface area contributed by atoms with Gasteiger partial charge in [0, 0.05) is 19.5 Å². The Balaban J connectivity index is 2.12. The van der Waals surface area contributed by atoms with Gasteiger partial charge in [-0.25, -0.2) is 0 Å². The first-order chi connectivity index (χ1) is 9.06. The van der Waals surface area contributed by atoms with Gasteiger partial charge in [-0.1, -0.05) is 13.8 Å². The van der Waals surface area contributed by atoms with Gasteiger partial charge in [0.15, 0.2) is 5.76 Å². The minimum absolute atomic E-state index is 0.196. The van der Waals surface area contributed by atoms with Crippen LogP contribution in [0.4, 0.5) is 0 Å². The number of carboxylic acid groups (broad SMARTS) is 1. The van der Waals surface area contributed by atoms with Crippen molar-refractivity contribution in [3.05, 3.63) is 23.2 Å². The van der Waals surface area contributed by atoms with Crippen LogP contribution < -0.4 is 0 Å². The first kappa shape index (κ1) is 13.6. The van der Waals surface area contributed by atoms with Crippen LogP contribution in [0, 0.1) is 5.92 Å². The Hall–Kier alpha value is -1.78. The number of carbonyl (C=O) groups excluding carboxylic acids is 1. The summed E-state index contributed by atoms with van der Waals surface area (Å²) in [5.41, 5.74) is 1.06. The van der Waals surface area contributed by atoms with Crippen molar-refractivity contribution in [1.82, 2.24) is 4.90 Å². The summed E-state index contributed by atoms with van der Waals surface area (Å²) in [6, 6.07) is 1.79. The molecule has 1 fully saturated rings. The summed E-state index contributed by atoms with van der Waals surface area (Å²) in [5, 5.41) is 8.95. The average Bonchev–Trinajstić information content (AvgIpc) is 3.04. The van der Waals surface area contributed by atoms with Crippen LogP contribution in [0.1, 0.15) is 42.1 Å². The van der Waals surface area contributed by atoms with Gasteiger partial charge < -0.3 is 14.4 Å².